The molecule has 11 heteroatoms. The Morgan fingerprint density at radius 2 is 1.85 bits per heavy atom. The fourth-order valence-corrected chi connectivity index (χ4v) is 6.81. The fraction of sp³-hybridized carbons (Fsp3) is 0.629. The highest BCUT2D eigenvalue weighted by molar-refractivity contribution is 5.97. The molecule has 0 unspecified atom stereocenters. The van der Waals surface area contributed by atoms with Gasteiger partial charge in [-0.3, -0.25) is 19.6 Å². The minimum absolute atomic E-state index is 0.0554. The van der Waals surface area contributed by atoms with E-state index < -0.39 is 11.0 Å². The molecule has 2 amide bonds. The SMILES string of the molecule is C[C@@H]1COCCN1C[C@H]1CN(C(=O)OC(C)(C)C)[C@H](C)CN1CC(=O)N1CC(C)(C)c2nc(CO)c(Cc3ccccc3F)cc21. The van der Waals surface area contributed by atoms with Crippen LogP contribution in [0.25, 0.3) is 0 Å². The first-order valence-corrected chi connectivity index (χ1v) is 16.4. The van der Waals surface area contributed by atoms with Gasteiger partial charge in [-0.25, -0.2) is 9.18 Å². The molecule has 0 radical (unpaired) electrons. The molecule has 3 aliphatic heterocycles. The molecular weight excluding hydrogens is 589 g/mol. The second kappa shape index (κ2) is 13.5. The highest BCUT2D eigenvalue weighted by Gasteiger charge is 2.43. The first-order chi connectivity index (χ1) is 21.7. The number of halogens is 1. The van der Waals surface area contributed by atoms with Crippen LogP contribution in [0, 0.1) is 5.82 Å². The van der Waals surface area contributed by atoms with Crippen LogP contribution in [-0.4, -0.2) is 113 Å². The van der Waals surface area contributed by atoms with Gasteiger partial charge in [0.05, 0.1) is 43.4 Å². The molecule has 2 saturated heterocycles. The summed E-state index contributed by atoms with van der Waals surface area (Å²) in [5, 5.41) is 10.2. The molecule has 4 heterocycles. The van der Waals surface area contributed by atoms with E-state index in [2.05, 4.69) is 16.7 Å². The number of carbonyl (C=O) groups excluding carboxylic acids is 2. The largest absolute Gasteiger partial charge is 0.444 e. The van der Waals surface area contributed by atoms with Gasteiger partial charge < -0.3 is 24.4 Å². The Morgan fingerprint density at radius 3 is 2.52 bits per heavy atom. The molecule has 1 N–H and O–H groups in total. The van der Waals surface area contributed by atoms with Crippen molar-refractivity contribution in [3.63, 3.8) is 0 Å². The number of rotatable bonds is 7. The summed E-state index contributed by atoms with van der Waals surface area (Å²) in [6.07, 6.45) is -0.0794. The van der Waals surface area contributed by atoms with Crippen LogP contribution in [0.5, 0.6) is 0 Å². The summed E-state index contributed by atoms with van der Waals surface area (Å²) < 4.78 is 26.0. The number of amides is 2. The van der Waals surface area contributed by atoms with Gasteiger partial charge in [-0.15, -0.1) is 0 Å². The van der Waals surface area contributed by atoms with Crippen molar-refractivity contribution in [2.75, 3.05) is 57.4 Å². The number of piperazine rings is 1. The van der Waals surface area contributed by atoms with Gasteiger partial charge in [-0.1, -0.05) is 32.0 Å². The molecule has 2 aromatic rings. The average molecular weight is 640 g/mol. The minimum atomic E-state index is -0.608. The van der Waals surface area contributed by atoms with Gasteiger partial charge in [0.2, 0.25) is 5.91 Å². The normalized spacial score (nSPS) is 23.8. The zero-order valence-corrected chi connectivity index (χ0v) is 28.4. The van der Waals surface area contributed by atoms with E-state index in [1.165, 1.54) is 6.07 Å². The molecule has 0 saturated carbocycles. The lowest BCUT2D eigenvalue weighted by Gasteiger charge is -2.47. The standard InChI is InChI=1S/C35H50FN5O5/c1-23-16-39(27(17-38-12-13-45-21-24(38)2)18-40(23)33(44)46-34(3,4)5)19-31(43)41-22-35(6,7)32-30(41)15-26(29(20-42)37-32)14-25-10-8-9-11-28(25)36/h8-11,15,23-24,27,42H,12-14,16-22H2,1-7H3/t23-,24-,27+/m1/s1. The zero-order chi connectivity index (χ0) is 33.4. The summed E-state index contributed by atoms with van der Waals surface area (Å²) in [5.41, 5.74) is 2.11. The number of anilines is 1. The molecule has 0 bridgehead atoms. The molecule has 1 aromatic carbocycles. The van der Waals surface area contributed by atoms with E-state index in [9.17, 15) is 19.1 Å². The fourth-order valence-electron chi connectivity index (χ4n) is 6.81. The maximum Gasteiger partial charge on any atom is 0.410 e. The Hall–Kier alpha value is -3.12. The minimum Gasteiger partial charge on any atom is -0.444 e. The van der Waals surface area contributed by atoms with Crippen LogP contribution in [0.4, 0.5) is 14.9 Å². The second-order valence-corrected chi connectivity index (χ2v) is 14.7. The maximum atomic E-state index is 14.6. The summed E-state index contributed by atoms with van der Waals surface area (Å²) in [5.74, 6) is -0.374. The van der Waals surface area contributed by atoms with Gasteiger partial charge in [0.1, 0.15) is 11.4 Å². The Bertz CT molecular complexity index is 1430. The number of hydrogen-bond donors (Lipinski definition) is 1. The van der Waals surface area contributed by atoms with E-state index >= 15 is 0 Å². The van der Waals surface area contributed by atoms with Crippen molar-refractivity contribution in [1.82, 2.24) is 19.7 Å². The number of pyridine rings is 1. The van der Waals surface area contributed by atoms with Crippen molar-refractivity contribution in [3.05, 3.63) is 58.7 Å². The highest BCUT2D eigenvalue weighted by atomic mass is 19.1. The number of carbonyl (C=O) groups is 2. The molecule has 2 fully saturated rings. The zero-order valence-electron chi connectivity index (χ0n) is 28.4. The Morgan fingerprint density at radius 1 is 1.11 bits per heavy atom. The first-order valence-electron chi connectivity index (χ1n) is 16.4. The Labute approximate surface area is 272 Å². The number of nitrogens with zero attached hydrogens (tertiary/aromatic N) is 5. The smallest absolute Gasteiger partial charge is 0.410 e. The van der Waals surface area contributed by atoms with Crippen LogP contribution < -0.4 is 4.90 Å². The monoisotopic (exact) mass is 639 g/mol. The molecule has 1 aromatic heterocycles. The molecule has 252 valence electrons. The lowest BCUT2D eigenvalue weighted by atomic mass is 9.90. The van der Waals surface area contributed by atoms with Crippen LogP contribution in [0.3, 0.4) is 0 Å². The van der Waals surface area contributed by atoms with Crippen molar-refractivity contribution >= 4 is 17.7 Å². The van der Waals surface area contributed by atoms with Crippen LogP contribution in [0.1, 0.15) is 71.0 Å². The number of ether oxygens (including phenoxy) is 2. The summed E-state index contributed by atoms with van der Waals surface area (Å²) in [7, 11) is 0. The summed E-state index contributed by atoms with van der Waals surface area (Å²) >= 11 is 0. The van der Waals surface area contributed by atoms with Crippen molar-refractivity contribution in [2.24, 2.45) is 0 Å². The van der Waals surface area contributed by atoms with E-state index in [-0.39, 0.29) is 55.5 Å². The molecule has 5 rings (SSSR count). The van der Waals surface area contributed by atoms with Crippen molar-refractivity contribution in [2.45, 2.75) is 90.6 Å². The highest BCUT2D eigenvalue weighted by Crippen LogP contribution is 2.41. The van der Waals surface area contributed by atoms with Crippen molar-refractivity contribution < 1.29 is 28.6 Å². The third kappa shape index (κ3) is 7.54. The summed E-state index contributed by atoms with van der Waals surface area (Å²) in [6, 6.07) is 8.48. The predicted molar refractivity (Wildman–Crippen MR) is 174 cm³/mol. The topological polar surface area (TPSA) is 98.7 Å². The number of hydrogen-bond acceptors (Lipinski definition) is 8. The quantitative estimate of drug-likeness (QED) is 0.487. The number of fused-ring (bicyclic) bond motifs is 1. The van der Waals surface area contributed by atoms with Gasteiger partial charge in [0, 0.05) is 62.7 Å². The molecule has 3 atom stereocenters. The Balaban J connectivity index is 1.41. The molecular formula is C35H50FN5O5. The number of benzene rings is 1. The van der Waals surface area contributed by atoms with E-state index in [4.69, 9.17) is 14.5 Å². The summed E-state index contributed by atoms with van der Waals surface area (Å²) in [4.78, 5) is 40.5. The lowest BCUT2D eigenvalue weighted by molar-refractivity contribution is -0.121. The summed E-state index contributed by atoms with van der Waals surface area (Å²) in [6.45, 7) is 17.9. The number of aromatic nitrogens is 1. The third-order valence-electron chi connectivity index (χ3n) is 9.32. The van der Waals surface area contributed by atoms with E-state index in [1.54, 1.807) is 28.0 Å². The average Bonchev–Trinajstić information content (AvgIpc) is 3.24. The van der Waals surface area contributed by atoms with E-state index in [0.717, 1.165) is 12.2 Å². The van der Waals surface area contributed by atoms with Gasteiger partial charge in [-0.2, -0.15) is 0 Å². The second-order valence-electron chi connectivity index (χ2n) is 14.7. The van der Waals surface area contributed by atoms with Gasteiger partial charge in [0.25, 0.3) is 0 Å². The Kier molecular flexibility index (Phi) is 10.1. The van der Waals surface area contributed by atoms with Crippen molar-refractivity contribution in [3.8, 4) is 0 Å². The maximum absolute atomic E-state index is 14.6. The molecule has 46 heavy (non-hydrogen) atoms. The van der Waals surface area contributed by atoms with Gasteiger partial charge >= 0.3 is 6.09 Å². The number of aliphatic hydroxyl groups is 1. The lowest BCUT2D eigenvalue weighted by Crippen LogP contribution is -2.64. The number of aliphatic hydroxyl groups excluding tert-OH is 1. The van der Waals surface area contributed by atoms with Crippen LogP contribution in [0.2, 0.25) is 0 Å². The van der Waals surface area contributed by atoms with Gasteiger partial charge in [0.15, 0.2) is 0 Å². The van der Waals surface area contributed by atoms with Crippen LogP contribution in [0.15, 0.2) is 30.3 Å². The predicted octanol–water partition coefficient (Wildman–Crippen LogP) is 3.96. The van der Waals surface area contributed by atoms with E-state index in [1.807, 2.05) is 47.6 Å². The van der Waals surface area contributed by atoms with Crippen molar-refractivity contribution in [1.29, 1.82) is 0 Å². The van der Waals surface area contributed by atoms with E-state index in [0.29, 0.717) is 61.9 Å². The third-order valence-corrected chi connectivity index (χ3v) is 9.32. The molecule has 0 aliphatic carbocycles. The number of morpholine rings is 1. The molecule has 0 spiro atoms. The van der Waals surface area contributed by atoms with Crippen LogP contribution >= 0.6 is 0 Å². The first kappa shape index (κ1) is 34.2. The molecule has 3 aliphatic rings. The van der Waals surface area contributed by atoms with Gasteiger partial charge in [-0.05, 0) is 57.9 Å². The molecule has 10 nitrogen and oxygen atoms in total. The van der Waals surface area contributed by atoms with Crippen LogP contribution in [-0.2, 0) is 32.7 Å².